The van der Waals surface area contributed by atoms with E-state index in [1.54, 1.807) is 0 Å². The molecule has 0 aliphatic carbocycles. The SMILES string of the molecule is Cn1c2ccc(-c3ccc4oc5c(-n6c7ccc(-c8ccccc8-c8ccccn8)cc7c7ncccc76)cccc5c4c3)cc2c2ncccc21. The lowest BCUT2D eigenvalue weighted by atomic mass is 9.96. The van der Waals surface area contributed by atoms with Crippen LogP contribution < -0.4 is 0 Å². The van der Waals surface area contributed by atoms with E-state index in [-0.39, 0.29) is 0 Å². The molecule has 0 bridgehead atoms. The fourth-order valence-electron chi connectivity index (χ4n) is 8.08. The third-order valence-corrected chi connectivity index (χ3v) is 10.5. The summed E-state index contributed by atoms with van der Waals surface area (Å²) < 4.78 is 11.2. The fourth-order valence-corrected chi connectivity index (χ4v) is 8.08. The van der Waals surface area contributed by atoms with Crippen LogP contribution in [0.5, 0.6) is 0 Å². The first-order valence-corrected chi connectivity index (χ1v) is 17.4. The molecule has 0 saturated carbocycles. The minimum atomic E-state index is 0.843. The van der Waals surface area contributed by atoms with E-state index in [2.05, 4.69) is 136 Å². The first kappa shape index (κ1) is 28.8. The molecule has 0 unspecified atom stereocenters. The Balaban J connectivity index is 1.08. The van der Waals surface area contributed by atoms with E-state index in [4.69, 9.17) is 14.4 Å². The predicted octanol–water partition coefficient (Wildman–Crippen LogP) is 11.5. The molecule has 0 aliphatic rings. The molecule has 0 amide bonds. The van der Waals surface area contributed by atoms with Gasteiger partial charge in [-0.3, -0.25) is 15.0 Å². The Morgan fingerprint density at radius 3 is 1.98 bits per heavy atom. The number of furan rings is 1. The van der Waals surface area contributed by atoms with Gasteiger partial charge in [0.15, 0.2) is 5.58 Å². The second-order valence-electron chi connectivity index (χ2n) is 13.3. The van der Waals surface area contributed by atoms with E-state index in [1.165, 1.54) is 5.52 Å². The Labute approximate surface area is 297 Å². The van der Waals surface area contributed by atoms with Crippen molar-refractivity contribution in [2.75, 3.05) is 0 Å². The van der Waals surface area contributed by atoms with E-state index in [9.17, 15) is 0 Å². The number of hydrogen-bond acceptors (Lipinski definition) is 4. The number of aromatic nitrogens is 5. The molecule has 0 radical (unpaired) electrons. The van der Waals surface area contributed by atoms with Gasteiger partial charge >= 0.3 is 0 Å². The van der Waals surface area contributed by atoms with Gasteiger partial charge in [-0.2, -0.15) is 0 Å². The van der Waals surface area contributed by atoms with Crippen molar-refractivity contribution in [2.24, 2.45) is 7.05 Å². The zero-order chi connectivity index (χ0) is 34.3. The summed E-state index contributed by atoms with van der Waals surface area (Å²) in [4.78, 5) is 14.3. The summed E-state index contributed by atoms with van der Waals surface area (Å²) in [5, 5.41) is 4.39. The van der Waals surface area contributed by atoms with E-state index in [1.807, 2.05) is 42.9 Å². The second-order valence-corrected chi connectivity index (χ2v) is 13.3. The van der Waals surface area contributed by atoms with Gasteiger partial charge in [0.25, 0.3) is 0 Å². The van der Waals surface area contributed by atoms with Gasteiger partial charge in [0.05, 0.1) is 44.5 Å². The largest absolute Gasteiger partial charge is 0.454 e. The molecule has 0 aliphatic heterocycles. The van der Waals surface area contributed by atoms with Crippen molar-refractivity contribution >= 4 is 65.8 Å². The zero-order valence-corrected chi connectivity index (χ0v) is 28.2. The molecule has 6 heterocycles. The Hall–Kier alpha value is -7.05. The number of aryl methyl sites for hydroxylation is 1. The quantitative estimate of drug-likeness (QED) is 0.187. The fraction of sp³-hybridized carbons (Fsp3) is 0.0217. The molecule has 0 spiro atoms. The van der Waals surface area contributed by atoms with Crippen molar-refractivity contribution in [3.63, 3.8) is 0 Å². The van der Waals surface area contributed by atoms with Crippen LogP contribution >= 0.6 is 0 Å². The normalized spacial score (nSPS) is 11.9. The monoisotopic (exact) mass is 667 g/mol. The number of benzene rings is 5. The topological polar surface area (TPSA) is 61.7 Å². The van der Waals surface area contributed by atoms with E-state index in [0.717, 1.165) is 99.5 Å². The van der Waals surface area contributed by atoms with E-state index in [0.29, 0.717) is 0 Å². The number of rotatable bonds is 4. The van der Waals surface area contributed by atoms with Gasteiger partial charge in [-0.1, -0.05) is 60.7 Å². The zero-order valence-electron chi connectivity index (χ0n) is 28.2. The third kappa shape index (κ3) is 4.15. The molecule has 11 rings (SSSR count). The molecule has 0 saturated heterocycles. The summed E-state index contributed by atoms with van der Waals surface area (Å²) in [6, 6.07) is 49.0. The lowest BCUT2D eigenvalue weighted by Crippen LogP contribution is -1.94. The predicted molar refractivity (Wildman–Crippen MR) is 212 cm³/mol. The average molecular weight is 668 g/mol. The summed E-state index contributed by atoms with van der Waals surface area (Å²) in [6.45, 7) is 0. The summed E-state index contributed by atoms with van der Waals surface area (Å²) in [7, 11) is 2.10. The Kier molecular flexibility index (Phi) is 6.07. The maximum absolute atomic E-state index is 6.72. The van der Waals surface area contributed by atoms with Crippen molar-refractivity contribution in [3.05, 3.63) is 158 Å². The average Bonchev–Trinajstić information content (AvgIpc) is 3.85. The van der Waals surface area contributed by atoms with Crippen LogP contribution in [0.1, 0.15) is 0 Å². The van der Waals surface area contributed by atoms with Crippen LogP contribution in [0, 0.1) is 0 Å². The first-order chi connectivity index (χ1) is 25.7. The van der Waals surface area contributed by atoms with Gasteiger partial charge in [0, 0.05) is 52.7 Å². The second kappa shape index (κ2) is 11.0. The van der Waals surface area contributed by atoms with Crippen LogP contribution in [0.3, 0.4) is 0 Å². The van der Waals surface area contributed by atoms with Crippen LogP contribution in [0.25, 0.3) is 105 Å². The maximum Gasteiger partial charge on any atom is 0.159 e. The number of pyridine rings is 3. The maximum atomic E-state index is 6.72. The standard InChI is InChI=1S/C46H29N5O/c1-50-38-19-16-28(26-35(38)44-40(50)14-7-23-48-44)29-18-21-43-34(25-29)33-11-6-13-42(46(33)52-43)51-39-20-17-30(27-36(39)45-41(51)15-8-24-49-45)31-9-2-3-10-32(31)37-12-4-5-22-47-37/h2-27H,1H3. The van der Waals surface area contributed by atoms with Gasteiger partial charge < -0.3 is 13.6 Å². The Morgan fingerprint density at radius 1 is 0.462 bits per heavy atom. The molecule has 11 aromatic rings. The highest BCUT2D eigenvalue weighted by molar-refractivity contribution is 6.13. The van der Waals surface area contributed by atoms with Gasteiger partial charge in [0.1, 0.15) is 5.58 Å². The molecule has 6 nitrogen and oxygen atoms in total. The number of para-hydroxylation sites is 1. The highest BCUT2D eigenvalue weighted by Crippen LogP contribution is 2.41. The van der Waals surface area contributed by atoms with Gasteiger partial charge in [-0.05, 0) is 101 Å². The highest BCUT2D eigenvalue weighted by Gasteiger charge is 2.20. The van der Waals surface area contributed by atoms with Gasteiger partial charge in [-0.15, -0.1) is 0 Å². The molecule has 6 aromatic heterocycles. The molecule has 0 fully saturated rings. The van der Waals surface area contributed by atoms with Crippen molar-refractivity contribution < 1.29 is 4.42 Å². The first-order valence-electron chi connectivity index (χ1n) is 17.4. The molecule has 5 aromatic carbocycles. The molecule has 52 heavy (non-hydrogen) atoms. The van der Waals surface area contributed by atoms with Crippen LogP contribution in [0.2, 0.25) is 0 Å². The van der Waals surface area contributed by atoms with Crippen molar-refractivity contribution in [2.45, 2.75) is 0 Å². The van der Waals surface area contributed by atoms with Crippen LogP contribution in [-0.2, 0) is 7.05 Å². The lowest BCUT2D eigenvalue weighted by Gasteiger charge is -2.11. The summed E-state index contributed by atoms with van der Waals surface area (Å²) >= 11 is 0. The molecule has 6 heteroatoms. The molecular formula is C46H29N5O. The minimum absolute atomic E-state index is 0.843. The molecule has 0 N–H and O–H groups in total. The molecule has 0 atom stereocenters. The number of nitrogens with zero attached hydrogens (tertiary/aromatic N) is 5. The van der Waals surface area contributed by atoms with Gasteiger partial charge in [-0.25, -0.2) is 0 Å². The van der Waals surface area contributed by atoms with Crippen LogP contribution in [0.15, 0.2) is 163 Å². The van der Waals surface area contributed by atoms with Crippen molar-refractivity contribution in [3.8, 4) is 39.2 Å². The summed E-state index contributed by atoms with van der Waals surface area (Å²) in [5.74, 6) is 0. The Morgan fingerprint density at radius 2 is 1.13 bits per heavy atom. The van der Waals surface area contributed by atoms with Crippen molar-refractivity contribution in [1.82, 2.24) is 24.1 Å². The number of fused-ring (bicyclic) bond motifs is 9. The van der Waals surface area contributed by atoms with E-state index < -0.39 is 0 Å². The Bertz CT molecular complexity index is 3200. The van der Waals surface area contributed by atoms with Gasteiger partial charge in [0.2, 0.25) is 0 Å². The smallest absolute Gasteiger partial charge is 0.159 e. The molecule has 244 valence electrons. The van der Waals surface area contributed by atoms with Crippen molar-refractivity contribution in [1.29, 1.82) is 0 Å². The number of hydrogen-bond donors (Lipinski definition) is 0. The summed E-state index contributed by atoms with van der Waals surface area (Å²) in [6.07, 6.45) is 5.58. The van der Waals surface area contributed by atoms with Crippen LogP contribution in [0.4, 0.5) is 0 Å². The van der Waals surface area contributed by atoms with Crippen LogP contribution in [-0.4, -0.2) is 24.1 Å². The molecular weight excluding hydrogens is 639 g/mol. The highest BCUT2D eigenvalue weighted by atomic mass is 16.3. The summed E-state index contributed by atoms with van der Waals surface area (Å²) in [5.41, 5.74) is 15.6. The third-order valence-electron chi connectivity index (χ3n) is 10.5. The van der Waals surface area contributed by atoms with E-state index >= 15 is 0 Å². The minimum Gasteiger partial charge on any atom is -0.454 e. The lowest BCUT2D eigenvalue weighted by molar-refractivity contribution is 0.666.